The molecule has 0 saturated heterocycles. The van der Waals surface area contributed by atoms with Crippen LogP contribution in [0.3, 0.4) is 0 Å². The van der Waals surface area contributed by atoms with Gasteiger partial charge in [0, 0.05) is 21.9 Å². The number of carbonyl (C=O) groups excluding carboxylic acids is 1. The zero-order chi connectivity index (χ0) is 25.3. The van der Waals surface area contributed by atoms with Gasteiger partial charge in [-0.05, 0) is 62.6 Å². The van der Waals surface area contributed by atoms with Gasteiger partial charge >= 0.3 is 5.97 Å². The van der Waals surface area contributed by atoms with Crippen molar-refractivity contribution >= 4 is 23.9 Å². The minimum atomic E-state index is -3.61. The Hall–Kier alpha value is -3.37. The quantitative estimate of drug-likeness (QED) is 0.107. The SMILES string of the molecule is CC(C)(C)OC(=O)CC[C@@H](OP(=O)(c1ccccc1)c1ccccc1)[C@@H](N=[N+]=[N-])c1ccccc1. The first kappa shape index (κ1) is 26.2. The van der Waals surface area contributed by atoms with Crippen LogP contribution in [0.2, 0.25) is 0 Å². The summed E-state index contributed by atoms with van der Waals surface area (Å²) < 4.78 is 26.5. The zero-order valence-corrected chi connectivity index (χ0v) is 21.0. The van der Waals surface area contributed by atoms with Gasteiger partial charge in [-0.15, -0.1) is 0 Å². The van der Waals surface area contributed by atoms with Crippen molar-refractivity contribution in [3.8, 4) is 0 Å². The highest BCUT2D eigenvalue weighted by Crippen LogP contribution is 2.49. The number of hydrogen-bond acceptors (Lipinski definition) is 5. The Morgan fingerprint density at radius 2 is 1.40 bits per heavy atom. The summed E-state index contributed by atoms with van der Waals surface area (Å²) in [6, 6.07) is 26.2. The molecule has 0 aliphatic carbocycles. The first-order valence-electron chi connectivity index (χ1n) is 11.4. The summed E-state index contributed by atoms with van der Waals surface area (Å²) in [6.07, 6.45) is -0.695. The maximum Gasteiger partial charge on any atom is 0.306 e. The Bertz CT molecular complexity index is 1150. The summed E-state index contributed by atoms with van der Waals surface area (Å²) in [5, 5.41) is 5.03. The van der Waals surface area contributed by atoms with E-state index in [0.29, 0.717) is 16.2 Å². The lowest BCUT2D eigenvalue weighted by Gasteiger charge is -2.30. The number of esters is 1. The summed E-state index contributed by atoms with van der Waals surface area (Å²) in [5.74, 6) is -0.409. The van der Waals surface area contributed by atoms with Gasteiger partial charge in [0.1, 0.15) is 5.60 Å². The van der Waals surface area contributed by atoms with Crippen LogP contribution in [0, 0.1) is 0 Å². The molecule has 0 bridgehead atoms. The van der Waals surface area contributed by atoms with E-state index >= 15 is 0 Å². The highest BCUT2D eigenvalue weighted by atomic mass is 31.2. The van der Waals surface area contributed by atoms with E-state index in [1.165, 1.54) is 0 Å². The van der Waals surface area contributed by atoms with Gasteiger partial charge in [0.2, 0.25) is 0 Å². The minimum absolute atomic E-state index is 0.00972. The van der Waals surface area contributed by atoms with Crippen molar-refractivity contribution < 1.29 is 18.6 Å². The fourth-order valence-corrected chi connectivity index (χ4v) is 5.97. The lowest BCUT2D eigenvalue weighted by Crippen LogP contribution is -2.29. The Morgan fingerprint density at radius 1 is 0.914 bits per heavy atom. The molecule has 3 aromatic rings. The fraction of sp³-hybridized carbons (Fsp3) is 0.296. The molecule has 0 aliphatic rings. The van der Waals surface area contributed by atoms with E-state index < -0.39 is 31.1 Å². The highest BCUT2D eigenvalue weighted by molar-refractivity contribution is 7.74. The molecular weight excluding hydrogens is 461 g/mol. The molecule has 0 aromatic heterocycles. The molecule has 0 heterocycles. The van der Waals surface area contributed by atoms with Gasteiger partial charge in [0.15, 0.2) is 0 Å². The van der Waals surface area contributed by atoms with Crippen LogP contribution in [0.25, 0.3) is 10.4 Å². The molecule has 0 unspecified atom stereocenters. The van der Waals surface area contributed by atoms with Gasteiger partial charge in [-0.3, -0.25) is 9.36 Å². The molecule has 8 heteroatoms. The number of rotatable bonds is 10. The molecule has 0 N–H and O–H groups in total. The third kappa shape index (κ3) is 7.30. The van der Waals surface area contributed by atoms with Gasteiger partial charge in [-0.2, -0.15) is 0 Å². The molecule has 2 atom stereocenters. The molecular formula is C27H30N3O4P. The first-order chi connectivity index (χ1) is 16.7. The smallest absolute Gasteiger partial charge is 0.306 e. The Balaban J connectivity index is 2.04. The van der Waals surface area contributed by atoms with Crippen LogP contribution in [-0.4, -0.2) is 17.7 Å². The van der Waals surface area contributed by atoms with Crippen LogP contribution in [0.1, 0.15) is 45.2 Å². The van der Waals surface area contributed by atoms with Crippen molar-refractivity contribution in [3.05, 3.63) is 107 Å². The average molecular weight is 492 g/mol. The molecule has 0 aliphatic heterocycles. The van der Waals surface area contributed by atoms with Gasteiger partial charge in [-0.25, -0.2) is 0 Å². The number of carbonyl (C=O) groups is 1. The molecule has 3 aromatic carbocycles. The van der Waals surface area contributed by atoms with Crippen molar-refractivity contribution in [2.45, 2.75) is 51.4 Å². The van der Waals surface area contributed by atoms with E-state index in [1.54, 1.807) is 69.3 Å². The number of benzene rings is 3. The predicted octanol–water partition coefficient (Wildman–Crippen LogP) is 6.47. The van der Waals surface area contributed by atoms with Gasteiger partial charge < -0.3 is 9.26 Å². The molecule has 35 heavy (non-hydrogen) atoms. The van der Waals surface area contributed by atoms with Gasteiger partial charge in [-0.1, -0.05) is 71.8 Å². The van der Waals surface area contributed by atoms with Crippen molar-refractivity contribution in [1.82, 2.24) is 0 Å². The number of azide groups is 1. The van der Waals surface area contributed by atoms with E-state index in [0.717, 1.165) is 0 Å². The number of ether oxygens (including phenoxy) is 1. The minimum Gasteiger partial charge on any atom is -0.460 e. The third-order valence-electron chi connectivity index (χ3n) is 5.20. The molecule has 0 fully saturated rings. The standard InChI is InChI=1S/C27H30N3O4P/c1-27(2,3)33-25(31)20-19-24(26(29-30-28)21-13-7-4-8-14-21)34-35(32,22-15-9-5-10-16-22)23-17-11-6-12-18-23/h4-18,24,26H,19-20H2,1-3H3/t24-,26+/m1/s1. The molecule has 7 nitrogen and oxygen atoms in total. The first-order valence-corrected chi connectivity index (χ1v) is 13.1. The summed E-state index contributed by atoms with van der Waals surface area (Å²) in [6.45, 7) is 5.39. The largest absolute Gasteiger partial charge is 0.460 e. The van der Waals surface area contributed by atoms with E-state index in [9.17, 15) is 14.9 Å². The second-order valence-corrected chi connectivity index (χ2v) is 11.4. The van der Waals surface area contributed by atoms with Crippen LogP contribution >= 0.6 is 7.37 Å². The highest BCUT2D eigenvalue weighted by Gasteiger charge is 2.36. The van der Waals surface area contributed by atoms with Crippen LogP contribution in [-0.2, 0) is 18.6 Å². The van der Waals surface area contributed by atoms with Crippen LogP contribution in [0.4, 0.5) is 0 Å². The Labute approximate surface area is 206 Å². The fourth-order valence-electron chi connectivity index (χ4n) is 3.69. The molecule has 0 saturated carbocycles. The molecule has 0 spiro atoms. The predicted molar refractivity (Wildman–Crippen MR) is 138 cm³/mol. The van der Waals surface area contributed by atoms with Crippen molar-refractivity contribution in [3.63, 3.8) is 0 Å². The lowest BCUT2D eigenvalue weighted by atomic mass is 9.99. The molecule has 3 rings (SSSR count). The summed E-state index contributed by atoms with van der Waals surface area (Å²) in [5.41, 5.74) is 9.41. The van der Waals surface area contributed by atoms with Crippen LogP contribution in [0.15, 0.2) is 96.1 Å². The van der Waals surface area contributed by atoms with E-state index in [1.807, 2.05) is 42.5 Å². The van der Waals surface area contributed by atoms with Crippen molar-refractivity contribution in [2.24, 2.45) is 5.11 Å². The average Bonchev–Trinajstić information content (AvgIpc) is 2.85. The van der Waals surface area contributed by atoms with Gasteiger partial charge in [0.05, 0.1) is 12.1 Å². The van der Waals surface area contributed by atoms with E-state index in [2.05, 4.69) is 10.0 Å². The topological polar surface area (TPSA) is 101 Å². The molecule has 0 amide bonds. The second-order valence-electron chi connectivity index (χ2n) is 9.05. The van der Waals surface area contributed by atoms with Gasteiger partial charge in [0.25, 0.3) is 7.37 Å². The van der Waals surface area contributed by atoms with Crippen molar-refractivity contribution in [1.29, 1.82) is 0 Å². The maximum absolute atomic E-state index is 14.6. The van der Waals surface area contributed by atoms with Crippen molar-refractivity contribution in [2.75, 3.05) is 0 Å². The normalized spacial score (nSPS) is 13.3. The Kier molecular flexibility index (Phi) is 8.89. The number of hydrogen-bond donors (Lipinski definition) is 0. The lowest BCUT2D eigenvalue weighted by molar-refractivity contribution is -0.155. The third-order valence-corrected chi connectivity index (χ3v) is 7.72. The summed E-state index contributed by atoms with van der Waals surface area (Å²) >= 11 is 0. The van der Waals surface area contributed by atoms with Crippen LogP contribution in [0.5, 0.6) is 0 Å². The second kappa shape index (κ2) is 11.9. The van der Waals surface area contributed by atoms with Crippen LogP contribution < -0.4 is 10.6 Å². The van der Waals surface area contributed by atoms with E-state index in [4.69, 9.17) is 9.26 Å². The zero-order valence-electron chi connectivity index (χ0n) is 20.2. The molecule has 0 radical (unpaired) electrons. The maximum atomic E-state index is 14.6. The molecule has 182 valence electrons. The van der Waals surface area contributed by atoms with E-state index in [-0.39, 0.29) is 12.8 Å². The summed E-state index contributed by atoms with van der Waals surface area (Å²) in [7, 11) is -3.61. The Morgan fingerprint density at radius 3 is 1.86 bits per heavy atom. The monoisotopic (exact) mass is 491 g/mol. The number of nitrogens with zero attached hydrogens (tertiary/aromatic N) is 3. The summed E-state index contributed by atoms with van der Waals surface area (Å²) in [4.78, 5) is 15.6.